The third-order valence-corrected chi connectivity index (χ3v) is 3.01. The predicted molar refractivity (Wildman–Crippen MR) is 62.5 cm³/mol. The van der Waals surface area contributed by atoms with Crippen LogP contribution >= 0.6 is 0 Å². The summed E-state index contributed by atoms with van der Waals surface area (Å²) in [4.78, 5) is 2.37. The van der Waals surface area contributed by atoms with Gasteiger partial charge in [0.15, 0.2) is 0 Å². The van der Waals surface area contributed by atoms with Crippen LogP contribution in [0.4, 0.5) is 0 Å². The van der Waals surface area contributed by atoms with Crippen LogP contribution in [-0.4, -0.2) is 37.1 Å². The first-order chi connectivity index (χ1) is 6.70. The van der Waals surface area contributed by atoms with Crippen molar-refractivity contribution in [2.24, 2.45) is 0 Å². The van der Waals surface area contributed by atoms with Gasteiger partial charge in [0, 0.05) is 25.2 Å². The molecule has 0 aliphatic heterocycles. The molecule has 1 aliphatic carbocycles. The lowest BCUT2D eigenvalue weighted by Gasteiger charge is -2.23. The van der Waals surface area contributed by atoms with E-state index in [1.807, 2.05) is 0 Å². The molecular weight excluding hydrogens is 172 g/mol. The fraction of sp³-hybridized carbons (Fsp3) is 0.833. The van der Waals surface area contributed by atoms with E-state index < -0.39 is 0 Å². The summed E-state index contributed by atoms with van der Waals surface area (Å²) in [6.45, 7) is 6.71. The smallest absolute Gasteiger partial charge is 0.0250 e. The zero-order valence-electron chi connectivity index (χ0n) is 9.79. The number of nitrogens with one attached hydrogen (secondary N) is 1. The topological polar surface area (TPSA) is 15.3 Å². The van der Waals surface area contributed by atoms with E-state index in [2.05, 4.69) is 43.3 Å². The predicted octanol–water partition coefficient (Wildman–Crippen LogP) is 2.02. The zero-order valence-corrected chi connectivity index (χ0v) is 9.79. The molecule has 0 saturated heterocycles. The minimum Gasteiger partial charge on any atom is -0.309 e. The SMILES string of the molecule is CC(C)N(C)CCNC1C=CCCC1. The molecule has 14 heavy (non-hydrogen) atoms. The van der Waals surface area contributed by atoms with E-state index in [1.165, 1.54) is 19.3 Å². The van der Waals surface area contributed by atoms with Crippen LogP contribution in [0, 0.1) is 0 Å². The summed E-state index contributed by atoms with van der Waals surface area (Å²) in [6, 6.07) is 1.28. The Morgan fingerprint density at radius 1 is 1.50 bits per heavy atom. The van der Waals surface area contributed by atoms with E-state index in [0.717, 1.165) is 13.1 Å². The normalized spacial score (nSPS) is 22.2. The maximum Gasteiger partial charge on any atom is 0.0250 e. The molecule has 0 aromatic rings. The van der Waals surface area contributed by atoms with Gasteiger partial charge >= 0.3 is 0 Å². The molecule has 1 atom stereocenters. The number of allylic oxidation sites excluding steroid dienone is 1. The van der Waals surface area contributed by atoms with Gasteiger partial charge in [0.1, 0.15) is 0 Å². The van der Waals surface area contributed by atoms with Gasteiger partial charge in [0.25, 0.3) is 0 Å². The van der Waals surface area contributed by atoms with Crippen LogP contribution in [-0.2, 0) is 0 Å². The van der Waals surface area contributed by atoms with E-state index in [0.29, 0.717) is 12.1 Å². The van der Waals surface area contributed by atoms with Crippen molar-refractivity contribution >= 4 is 0 Å². The van der Waals surface area contributed by atoms with Gasteiger partial charge in [-0.25, -0.2) is 0 Å². The Balaban J connectivity index is 2.08. The second kappa shape index (κ2) is 6.20. The third-order valence-electron chi connectivity index (χ3n) is 3.01. The molecule has 0 aromatic heterocycles. The van der Waals surface area contributed by atoms with Gasteiger partial charge < -0.3 is 10.2 Å². The Bertz CT molecular complexity index is 175. The van der Waals surface area contributed by atoms with Gasteiger partial charge in [-0.15, -0.1) is 0 Å². The Hall–Kier alpha value is -0.340. The van der Waals surface area contributed by atoms with Crippen molar-refractivity contribution in [3.05, 3.63) is 12.2 Å². The highest BCUT2D eigenvalue weighted by Crippen LogP contribution is 2.09. The highest BCUT2D eigenvalue weighted by molar-refractivity contribution is 4.97. The van der Waals surface area contributed by atoms with Crippen molar-refractivity contribution in [1.29, 1.82) is 0 Å². The lowest BCUT2D eigenvalue weighted by Crippen LogP contribution is -2.37. The standard InChI is InChI=1S/C12H24N2/c1-11(2)14(3)10-9-13-12-7-5-4-6-8-12/h5,7,11-13H,4,6,8-10H2,1-3H3. The second-order valence-electron chi connectivity index (χ2n) is 4.49. The molecule has 1 unspecified atom stereocenters. The van der Waals surface area contributed by atoms with Crippen molar-refractivity contribution in [1.82, 2.24) is 10.2 Å². The maximum atomic E-state index is 3.58. The molecule has 0 bridgehead atoms. The average Bonchev–Trinajstić information content (AvgIpc) is 2.19. The van der Waals surface area contributed by atoms with Gasteiger partial charge in [-0.1, -0.05) is 12.2 Å². The number of rotatable bonds is 5. The molecule has 2 nitrogen and oxygen atoms in total. The highest BCUT2D eigenvalue weighted by atomic mass is 15.1. The number of likely N-dealkylation sites (N-methyl/N-ethyl adjacent to an activating group) is 1. The van der Waals surface area contributed by atoms with E-state index in [4.69, 9.17) is 0 Å². The van der Waals surface area contributed by atoms with E-state index in [1.54, 1.807) is 0 Å². The van der Waals surface area contributed by atoms with Crippen LogP contribution in [0.1, 0.15) is 33.1 Å². The van der Waals surface area contributed by atoms with Gasteiger partial charge in [0.2, 0.25) is 0 Å². The number of nitrogens with zero attached hydrogens (tertiary/aromatic N) is 1. The molecule has 1 aliphatic rings. The van der Waals surface area contributed by atoms with Crippen molar-refractivity contribution in [2.45, 2.75) is 45.2 Å². The van der Waals surface area contributed by atoms with Gasteiger partial charge in [-0.3, -0.25) is 0 Å². The van der Waals surface area contributed by atoms with Crippen LogP contribution in [0.25, 0.3) is 0 Å². The Kier molecular flexibility index (Phi) is 5.20. The average molecular weight is 196 g/mol. The van der Waals surface area contributed by atoms with Gasteiger partial charge in [-0.05, 0) is 40.2 Å². The third kappa shape index (κ3) is 4.25. The molecular formula is C12H24N2. The van der Waals surface area contributed by atoms with Crippen LogP contribution < -0.4 is 5.32 Å². The molecule has 0 amide bonds. The van der Waals surface area contributed by atoms with Crippen LogP contribution in [0.2, 0.25) is 0 Å². The summed E-state index contributed by atoms with van der Waals surface area (Å²) in [5, 5.41) is 3.58. The molecule has 0 fully saturated rings. The van der Waals surface area contributed by atoms with Crippen LogP contribution in [0.3, 0.4) is 0 Å². The van der Waals surface area contributed by atoms with Gasteiger partial charge in [0.05, 0.1) is 0 Å². The number of hydrogen-bond acceptors (Lipinski definition) is 2. The molecule has 1 rings (SSSR count). The second-order valence-corrected chi connectivity index (χ2v) is 4.49. The molecule has 82 valence electrons. The Morgan fingerprint density at radius 3 is 2.86 bits per heavy atom. The van der Waals surface area contributed by atoms with Crippen LogP contribution in [0.5, 0.6) is 0 Å². The lowest BCUT2D eigenvalue weighted by molar-refractivity contribution is 0.270. The minimum atomic E-state index is 0.629. The van der Waals surface area contributed by atoms with Crippen molar-refractivity contribution < 1.29 is 0 Å². The quantitative estimate of drug-likeness (QED) is 0.677. The molecule has 0 heterocycles. The number of hydrogen-bond donors (Lipinski definition) is 1. The van der Waals surface area contributed by atoms with Crippen molar-refractivity contribution in [3.63, 3.8) is 0 Å². The first-order valence-corrected chi connectivity index (χ1v) is 5.80. The van der Waals surface area contributed by atoms with E-state index >= 15 is 0 Å². The first kappa shape index (κ1) is 11.7. The minimum absolute atomic E-state index is 0.629. The molecule has 0 radical (unpaired) electrons. The first-order valence-electron chi connectivity index (χ1n) is 5.80. The summed E-state index contributed by atoms with van der Waals surface area (Å²) in [5.41, 5.74) is 0. The molecule has 0 spiro atoms. The van der Waals surface area contributed by atoms with Crippen molar-refractivity contribution in [3.8, 4) is 0 Å². The summed E-state index contributed by atoms with van der Waals surface area (Å²) in [5.74, 6) is 0. The Labute approximate surface area is 88.4 Å². The zero-order chi connectivity index (χ0) is 10.4. The monoisotopic (exact) mass is 196 g/mol. The summed E-state index contributed by atoms with van der Waals surface area (Å²) in [6.07, 6.45) is 8.53. The lowest BCUT2D eigenvalue weighted by atomic mass is 10.0. The maximum absolute atomic E-state index is 3.58. The van der Waals surface area contributed by atoms with E-state index in [-0.39, 0.29) is 0 Å². The summed E-state index contributed by atoms with van der Waals surface area (Å²) in [7, 11) is 2.18. The highest BCUT2D eigenvalue weighted by Gasteiger charge is 2.08. The fourth-order valence-corrected chi connectivity index (χ4v) is 1.67. The van der Waals surface area contributed by atoms with Gasteiger partial charge in [-0.2, -0.15) is 0 Å². The molecule has 0 aromatic carbocycles. The van der Waals surface area contributed by atoms with Crippen molar-refractivity contribution in [2.75, 3.05) is 20.1 Å². The summed E-state index contributed by atoms with van der Waals surface area (Å²) >= 11 is 0. The molecule has 2 heteroatoms. The van der Waals surface area contributed by atoms with E-state index in [9.17, 15) is 0 Å². The fourth-order valence-electron chi connectivity index (χ4n) is 1.67. The summed E-state index contributed by atoms with van der Waals surface area (Å²) < 4.78 is 0. The molecule has 1 N–H and O–H groups in total. The largest absolute Gasteiger partial charge is 0.309 e. The Morgan fingerprint density at radius 2 is 2.29 bits per heavy atom. The molecule has 0 saturated carbocycles. The van der Waals surface area contributed by atoms with Crippen LogP contribution in [0.15, 0.2) is 12.2 Å².